The fourth-order valence-electron chi connectivity index (χ4n) is 3.02. The topological polar surface area (TPSA) is 108 Å². The van der Waals surface area contributed by atoms with Gasteiger partial charge >= 0.3 is 0 Å². The molecule has 1 aliphatic heterocycles. The highest BCUT2D eigenvalue weighted by atomic mass is 16.3. The summed E-state index contributed by atoms with van der Waals surface area (Å²) in [5.74, 6) is 1.19. The van der Waals surface area contributed by atoms with Crippen LogP contribution in [0.5, 0.6) is 0 Å². The maximum Gasteiger partial charge on any atom is 0.242 e. The van der Waals surface area contributed by atoms with Gasteiger partial charge in [0.05, 0.1) is 18.3 Å². The summed E-state index contributed by atoms with van der Waals surface area (Å²) in [5, 5.41) is 9.62. The molecule has 26 heavy (non-hydrogen) atoms. The minimum atomic E-state index is -0.925. The first-order chi connectivity index (χ1) is 12.4. The van der Waals surface area contributed by atoms with E-state index in [2.05, 4.69) is 4.98 Å². The standard InChI is InChI=1S/C18H24N6O2/c1-11(25)15(19)18(26)24-9-6-13-14(10-24)21-16(22-17(13)23(2)3)12-4-7-20-8-5-12/h4-5,7-8,11,15,25H,6,9-10,19H2,1-3H3/t11-,15+/m1/s1. The first-order valence-corrected chi connectivity index (χ1v) is 8.58. The van der Waals surface area contributed by atoms with Gasteiger partial charge in [-0.1, -0.05) is 0 Å². The van der Waals surface area contributed by atoms with Gasteiger partial charge in [-0.05, 0) is 25.5 Å². The number of fused-ring (bicyclic) bond motifs is 1. The zero-order valence-electron chi connectivity index (χ0n) is 15.3. The molecular formula is C18H24N6O2. The number of nitrogens with zero attached hydrogens (tertiary/aromatic N) is 5. The molecule has 2 aromatic rings. The molecule has 3 heterocycles. The number of carbonyl (C=O) groups is 1. The van der Waals surface area contributed by atoms with E-state index in [-0.39, 0.29) is 5.91 Å². The van der Waals surface area contributed by atoms with Crippen molar-refractivity contribution in [3.8, 4) is 11.4 Å². The van der Waals surface area contributed by atoms with Gasteiger partial charge in [0.25, 0.3) is 0 Å². The van der Waals surface area contributed by atoms with Crippen LogP contribution in [0.15, 0.2) is 24.5 Å². The van der Waals surface area contributed by atoms with Crippen molar-refractivity contribution in [1.82, 2.24) is 19.9 Å². The van der Waals surface area contributed by atoms with Crippen molar-refractivity contribution < 1.29 is 9.90 Å². The van der Waals surface area contributed by atoms with Gasteiger partial charge in [-0.15, -0.1) is 0 Å². The Labute approximate surface area is 152 Å². The summed E-state index contributed by atoms with van der Waals surface area (Å²) in [5.41, 5.74) is 8.55. The van der Waals surface area contributed by atoms with E-state index < -0.39 is 12.1 Å². The van der Waals surface area contributed by atoms with Gasteiger partial charge in [0, 0.05) is 44.2 Å². The summed E-state index contributed by atoms with van der Waals surface area (Å²) in [7, 11) is 3.89. The molecular weight excluding hydrogens is 332 g/mol. The van der Waals surface area contributed by atoms with Crippen molar-refractivity contribution in [2.24, 2.45) is 5.73 Å². The number of carbonyl (C=O) groups excluding carboxylic acids is 1. The molecule has 3 rings (SSSR count). The van der Waals surface area contributed by atoms with Crippen molar-refractivity contribution >= 4 is 11.7 Å². The minimum absolute atomic E-state index is 0.263. The Kier molecular flexibility index (Phi) is 5.15. The van der Waals surface area contributed by atoms with E-state index in [0.717, 1.165) is 22.6 Å². The lowest BCUT2D eigenvalue weighted by atomic mass is 10.0. The molecule has 2 aromatic heterocycles. The van der Waals surface area contributed by atoms with Crippen LogP contribution in [0.25, 0.3) is 11.4 Å². The van der Waals surface area contributed by atoms with Gasteiger partial charge in [0.15, 0.2) is 5.82 Å². The summed E-state index contributed by atoms with van der Waals surface area (Å²) >= 11 is 0. The van der Waals surface area contributed by atoms with Gasteiger partial charge in [-0.3, -0.25) is 9.78 Å². The number of rotatable bonds is 4. The molecule has 1 aliphatic rings. The number of amides is 1. The lowest BCUT2D eigenvalue weighted by Crippen LogP contribution is -2.50. The molecule has 0 saturated heterocycles. The van der Waals surface area contributed by atoms with Gasteiger partial charge in [-0.2, -0.15) is 0 Å². The highest BCUT2D eigenvalue weighted by Gasteiger charge is 2.30. The molecule has 8 heteroatoms. The van der Waals surface area contributed by atoms with Gasteiger partial charge in [0.1, 0.15) is 11.9 Å². The van der Waals surface area contributed by atoms with Crippen molar-refractivity contribution in [2.45, 2.75) is 32.0 Å². The van der Waals surface area contributed by atoms with Crippen LogP contribution < -0.4 is 10.6 Å². The molecule has 0 bridgehead atoms. The quantitative estimate of drug-likeness (QED) is 0.805. The van der Waals surface area contributed by atoms with Crippen LogP contribution in [0.1, 0.15) is 18.2 Å². The third-order valence-electron chi connectivity index (χ3n) is 4.52. The van der Waals surface area contributed by atoms with Gasteiger partial charge in [-0.25, -0.2) is 9.97 Å². The van der Waals surface area contributed by atoms with Crippen LogP contribution >= 0.6 is 0 Å². The summed E-state index contributed by atoms with van der Waals surface area (Å²) in [4.78, 5) is 29.6. The van der Waals surface area contributed by atoms with Crippen molar-refractivity contribution in [3.05, 3.63) is 35.8 Å². The second-order valence-electron chi connectivity index (χ2n) is 6.70. The molecule has 0 unspecified atom stereocenters. The molecule has 2 atom stereocenters. The van der Waals surface area contributed by atoms with E-state index in [9.17, 15) is 9.90 Å². The number of pyridine rings is 1. The highest BCUT2D eigenvalue weighted by molar-refractivity contribution is 5.82. The summed E-state index contributed by atoms with van der Waals surface area (Å²) in [6, 6.07) is 2.79. The minimum Gasteiger partial charge on any atom is -0.391 e. The zero-order valence-corrected chi connectivity index (χ0v) is 15.3. The van der Waals surface area contributed by atoms with Crippen LogP contribution in [0.4, 0.5) is 5.82 Å². The van der Waals surface area contributed by atoms with E-state index in [1.807, 2.05) is 31.1 Å². The van der Waals surface area contributed by atoms with E-state index in [0.29, 0.717) is 25.3 Å². The van der Waals surface area contributed by atoms with Crippen molar-refractivity contribution in [1.29, 1.82) is 0 Å². The molecule has 0 spiro atoms. The second kappa shape index (κ2) is 7.35. The molecule has 1 amide bonds. The molecule has 138 valence electrons. The van der Waals surface area contributed by atoms with Crippen LogP contribution in [-0.4, -0.2) is 63.7 Å². The van der Waals surface area contributed by atoms with E-state index in [4.69, 9.17) is 15.7 Å². The normalized spacial score (nSPS) is 16.0. The zero-order chi connectivity index (χ0) is 18.8. The maximum atomic E-state index is 12.5. The smallest absolute Gasteiger partial charge is 0.242 e. The lowest BCUT2D eigenvalue weighted by molar-refractivity contribution is -0.135. The fourth-order valence-corrected chi connectivity index (χ4v) is 3.02. The van der Waals surface area contributed by atoms with Gasteiger partial charge < -0.3 is 20.6 Å². The number of aromatic nitrogens is 3. The van der Waals surface area contributed by atoms with E-state index in [1.165, 1.54) is 6.92 Å². The van der Waals surface area contributed by atoms with Gasteiger partial charge in [0.2, 0.25) is 5.91 Å². The predicted molar refractivity (Wildman–Crippen MR) is 98.4 cm³/mol. The predicted octanol–water partition coefficient (Wildman–Crippen LogP) is 0.197. The van der Waals surface area contributed by atoms with Crippen LogP contribution in [0.2, 0.25) is 0 Å². The molecule has 0 fully saturated rings. The van der Waals surface area contributed by atoms with Crippen LogP contribution in [0.3, 0.4) is 0 Å². The summed E-state index contributed by atoms with van der Waals surface area (Å²) in [6.07, 6.45) is 3.16. The van der Waals surface area contributed by atoms with Crippen LogP contribution in [-0.2, 0) is 17.8 Å². The molecule has 8 nitrogen and oxygen atoms in total. The second-order valence-corrected chi connectivity index (χ2v) is 6.70. The monoisotopic (exact) mass is 356 g/mol. The third kappa shape index (κ3) is 3.51. The first kappa shape index (κ1) is 18.2. The Morgan fingerprint density at radius 1 is 1.31 bits per heavy atom. The average Bonchev–Trinajstić information content (AvgIpc) is 2.65. The number of aliphatic hydroxyl groups excluding tert-OH is 1. The lowest BCUT2D eigenvalue weighted by Gasteiger charge is -2.32. The SMILES string of the molecule is C[C@@H](O)[C@H](N)C(=O)N1CCc2c(nc(-c3ccncc3)nc2N(C)C)C1. The van der Waals surface area contributed by atoms with Crippen LogP contribution in [0, 0.1) is 0 Å². The Bertz CT molecular complexity index is 794. The molecule has 0 aromatic carbocycles. The molecule has 3 N–H and O–H groups in total. The van der Waals surface area contributed by atoms with Crippen molar-refractivity contribution in [2.75, 3.05) is 25.5 Å². The average molecular weight is 356 g/mol. The number of anilines is 1. The first-order valence-electron chi connectivity index (χ1n) is 8.58. The fraction of sp³-hybridized carbons (Fsp3) is 0.444. The number of aliphatic hydroxyl groups is 1. The van der Waals surface area contributed by atoms with E-state index in [1.54, 1.807) is 17.3 Å². The Balaban J connectivity index is 1.98. The number of hydrogen-bond donors (Lipinski definition) is 2. The van der Waals surface area contributed by atoms with Crippen molar-refractivity contribution in [3.63, 3.8) is 0 Å². The Hall–Kier alpha value is -2.58. The Morgan fingerprint density at radius 2 is 2.00 bits per heavy atom. The Morgan fingerprint density at radius 3 is 2.62 bits per heavy atom. The molecule has 0 saturated carbocycles. The number of hydrogen-bond acceptors (Lipinski definition) is 7. The largest absolute Gasteiger partial charge is 0.391 e. The number of nitrogens with two attached hydrogens (primary N) is 1. The summed E-state index contributed by atoms with van der Waals surface area (Å²) < 4.78 is 0. The third-order valence-corrected chi connectivity index (χ3v) is 4.52. The molecule has 0 radical (unpaired) electrons. The molecule has 0 aliphatic carbocycles. The maximum absolute atomic E-state index is 12.5. The summed E-state index contributed by atoms with van der Waals surface area (Å²) in [6.45, 7) is 2.41. The van der Waals surface area contributed by atoms with E-state index >= 15 is 0 Å². The highest BCUT2D eigenvalue weighted by Crippen LogP contribution is 2.28.